The fraction of sp³-hybridized carbons (Fsp3) is 0.385. The zero-order valence-corrected chi connectivity index (χ0v) is 13.9. The van der Waals surface area contributed by atoms with Gasteiger partial charge in [0.2, 0.25) is 0 Å². The molecular weight excluding hydrogens is 338 g/mol. The number of carbonyl (C=O) groups excluding carboxylic acids is 1. The molecule has 0 bridgehead atoms. The van der Waals surface area contributed by atoms with Crippen molar-refractivity contribution in [3.63, 3.8) is 0 Å². The number of benzene rings is 1. The number of thioether (sulfide) groups is 1. The van der Waals surface area contributed by atoms with Crippen LogP contribution in [0.25, 0.3) is 0 Å². The molecule has 0 atom stereocenters. The van der Waals surface area contributed by atoms with E-state index >= 15 is 0 Å². The highest BCUT2D eigenvalue weighted by atomic mass is 35.5. The fourth-order valence-electron chi connectivity index (χ4n) is 1.38. The number of hydrogen-bond acceptors (Lipinski definition) is 4. The third kappa shape index (κ3) is 5.27. The zero-order chi connectivity index (χ0) is 16.2. The van der Waals surface area contributed by atoms with E-state index in [1.165, 1.54) is 0 Å². The zero-order valence-electron chi connectivity index (χ0n) is 11.6. The normalized spacial score (nSPS) is 10.9. The first-order valence-electron chi connectivity index (χ1n) is 5.85. The number of rotatable bonds is 3. The molecular formula is C13H13Cl2FN2O2S. The van der Waals surface area contributed by atoms with Crippen LogP contribution in [0, 0.1) is 16.5 Å². The predicted molar refractivity (Wildman–Crippen MR) is 81.0 cm³/mol. The molecule has 0 aliphatic rings. The number of nitriles is 1. The largest absolute Gasteiger partial charge is 0.444 e. The van der Waals surface area contributed by atoms with Crippen molar-refractivity contribution in [1.82, 2.24) is 5.32 Å². The van der Waals surface area contributed by atoms with Gasteiger partial charge in [0, 0.05) is 6.54 Å². The lowest BCUT2D eigenvalue weighted by Gasteiger charge is -2.20. The highest BCUT2D eigenvalue weighted by Crippen LogP contribution is 2.37. The first kappa shape index (κ1) is 17.9. The highest BCUT2D eigenvalue weighted by Gasteiger charge is 2.19. The minimum absolute atomic E-state index is 0.0408. The SMILES string of the molecule is CC(C)(C)OC(=O)NCc1cc(F)c(Cl)c(SC#N)c1Cl. The molecule has 114 valence electrons. The second-order valence-corrected chi connectivity index (χ2v) is 6.57. The van der Waals surface area contributed by atoms with E-state index in [1.807, 2.05) is 0 Å². The Balaban J connectivity index is 2.90. The molecule has 0 unspecified atom stereocenters. The monoisotopic (exact) mass is 350 g/mol. The Morgan fingerprint density at radius 3 is 2.62 bits per heavy atom. The van der Waals surface area contributed by atoms with Gasteiger partial charge in [0.1, 0.15) is 16.8 Å². The Hall–Kier alpha value is -1.16. The number of alkyl carbamates (subject to hydrolysis) is 1. The second-order valence-electron chi connectivity index (χ2n) is 5.02. The minimum Gasteiger partial charge on any atom is -0.444 e. The lowest BCUT2D eigenvalue weighted by molar-refractivity contribution is 0.0523. The van der Waals surface area contributed by atoms with Crippen molar-refractivity contribution in [3.05, 3.63) is 27.5 Å². The number of nitrogens with zero attached hydrogens (tertiary/aromatic N) is 1. The number of halogens is 3. The van der Waals surface area contributed by atoms with Crippen LogP contribution < -0.4 is 5.32 Å². The minimum atomic E-state index is -0.709. The van der Waals surface area contributed by atoms with Crippen molar-refractivity contribution < 1.29 is 13.9 Å². The van der Waals surface area contributed by atoms with E-state index in [-0.39, 0.29) is 21.5 Å². The van der Waals surface area contributed by atoms with E-state index in [2.05, 4.69) is 5.32 Å². The van der Waals surface area contributed by atoms with Crippen LogP contribution in [0.5, 0.6) is 0 Å². The lowest BCUT2D eigenvalue weighted by Crippen LogP contribution is -2.32. The topological polar surface area (TPSA) is 62.1 Å². The van der Waals surface area contributed by atoms with Crippen LogP contribution >= 0.6 is 35.0 Å². The van der Waals surface area contributed by atoms with Crippen molar-refractivity contribution in [2.45, 2.75) is 37.8 Å². The van der Waals surface area contributed by atoms with E-state index in [0.29, 0.717) is 17.3 Å². The van der Waals surface area contributed by atoms with Gasteiger partial charge in [-0.2, -0.15) is 5.26 Å². The van der Waals surface area contributed by atoms with E-state index in [0.717, 1.165) is 6.07 Å². The summed E-state index contributed by atoms with van der Waals surface area (Å²) in [5.74, 6) is -0.709. The Bertz CT molecular complexity index is 597. The molecule has 8 heteroatoms. The second kappa shape index (κ2) is 7.21. The number of nitrogens with one attached hydrogen (secondary N) is 1. The van der Waals surface area contributed by atoms with Crippen LogP contribution in [0.1, 0.15) is 26.3 Å². The summed E-state index contributed by atoms with van der Waals surface area (Å²) in [6, 6.07) is 1.11. The summed E-state index contributed by atoms with van der Waals surface area (Å²) in [6.45, 7) is 5.14. The maximum absolute atomic E-state index is 13.7. The molecule has 0 aliphatic carbocycles. The first-order valence-corrected chi connectivity index (χ1v) is 7.42. The molecule has 0 aromatic heterocycles. The molecule has 1 N–H and O–H groups in total. The summed E-state index contributed by atoms with van der Waals surface area (Å²) in [7, 11) is 0. The molecule has 0 fully saturated rings. The third-order valence-corrected chi connectivity index (χ3v) is 3.89. The quantitative estimate of drug-likeness (QED) is 0.486. The molecule has 1 aromatic rings. The first-order chi connectivity index (χ1) is 9.65. The Kier molecular flexibility index (Phi) is 6.14. The number of carbonyl (C=O) groups is 1. The van der Waals surface area contributed by atoms with Crippen LogP contribution in [-0.4, -0.2) is 11.7 Å². The van der Waals surface area contributed by atoms with Gasteiger partial charge < -0.3 is 10.1 Å². The summed E-state index contributed by atoms with van der Waals surface area (Å²) in [4.78, 5) is 11.7. The van der Waals surface area contributed by atoms with Crippen molar-refractivity contribution in [2.24, 2.45) is 0 Å². The summed E-state index contributed by atoms with van der Waals surface area (Å²) in [5.41, 5.74) is -0.330. The average molecular weight is 351 g/mol. The van der Waals surface area contributed by atoms with Gasteiger partial charge in [-0.15, -0.1) is 0 Å². The number of hydrogen-bond donors (Lipinski definition) is 1. The Morgan fingerprint density at radius 1 is 1.48 bits per heavy atom. The van der Waals surface area contributed by atoms with E-state index < -0.39 is 17.5 Å². The van der Waals surface area contributed by atoms with Gasteiger partial charge in [-0.05, 0) is 44.2 Å². The van der Waals surface area contributed by atoms with Crippen LogP contribution in [-0.2, 0) is 11.3 Å². The van der Waals surface area contributed by atoms with Crippen molar-refractivity contribution in [3.8, 4) is 5.40 Å². The fourth-order valence-corrected chi connectivity index (χ4v) is 2.52. The van der Waals surface area contributed by atoms with Gasteiger partial charge in [0.15, 0.2) is 0 Å². The molecule has 1 aromatic carbocycles. The Morgan fingerprint density at radius 2 is 2.10 bits per heavy atom. The van der Waals surface area contributed by atoms with Gasteiger partial charge in [0.25, 0.3) is 0 Å². The molecule has 0 saturated heterocycles. The van der Waals surface area contributed by atoms with E-state index in [1.54, 1.807) is 26.2 Å². The predicted octanol–water partition coefficient (Wildman–Crippen LogP) is 4.73. The average Bonchev–Trinajstić information content (AvgIpc) is 2.35. The highest BCUT2D eigenvalue weighted by molar-refractivity contribution is 8.04. The molecule has 0 saturated carbocycles. The number of amides is 1. The van der Waals surface area contributed by atoms with E-state index in [9.17, 15) is 9.18 Å². The molecule has 4 nitrogen and oxygen atoms in total. The van der Waals surface area contributed by atoms with Crippen LogP contribution in [0.15, 0.2) is 11.0 Å². The number of thiocyanates is 1. The van der Waals surface area contributed by atoms with Gasteiger partial charge in [0.05, 0.1) is 14.9 Å². The van der Waals surface area contributed by atoms with E-state index in [4.69, 9.17) is 33.2 Å². The molecule has 21 heavy (non-hydrogen) atoms. The Labute approximate surface area is 136 Å². The molecule has 0 aliphatic heterocycles. The van der Waals surface area contributed by atoms with Gasteiger partial charge in [-0.25, -0.2) is 9.18 Å². The summed E-state index contributed by atoms with van der Waals surface area (Å²) >= 11 is 12.5. The molecule has 0 radical (unpaired) electrons. The lowest BCUT2D eigenvalue weighted by atomic mass is 10.2. The van der Waals surface area contributed by atoms with Gasteiger partial charge >= 0.3 is 6.09 Å². The molecule has 0 spiro atoms. The summed E-state index contributed by atoms with van der Waals surface area (Å²) < 4.78 is 18.7. The number of ether oxygens (including phenoxy) is 1. The van der Waals surface area contributed by atoms with Gasteiger partial charge in [-0.3, -0.25) is 0 Å². The smallest absolute Gasteiger partial charge is 0.407 e. The maximum atomic E-state index is 13.7. The van der Waals surface area contributed by atoms with Crippen molar-refractivity contribution in [2.75, 3.05) is 0 Å². The van der Waals surface area contributed by atoms with Crippen molar-refractivity contribution >= 4 is 41.1 Å². The standard InChI is InChI=1S/C13H13Cl2FN2O2S/c1-13(2,3)20-12(19)18-5-7-4-8(16)10(15)11(9(7)14)21-6-17/h4H,5H2,1-3H3,(H,18,19). The molecule has 1 rings (SSSR count). The van der Waals surface area contributed by atoms with Gasteiger partial charge in [-0.1, -0.05) is 23.2 Å². The van der Waals surface area contributed by atoms with Crippen LogP contribution in [0.4, 0.5) is 9.18 Å². The molecule has 1 amide bonds. The van der Waals surface area contributed by atoms with Crippen molar-refractivity contribution in [1.29, 1.82) is 5.26 Å². The summed E-state index contributed by atoms with van der Waals surface area (Å²) in [6.07, 6.45) is -0.650. The summed E-state index contributed by atoms with van der Waals surface area (Å²) in [5, 5.41) is 12.8. The van der Waals surface area contributed by atoms with Crippen LogP contribution in [0.3, 0.4) is 0 Å². The molecule has 0 heterocycles. The third-order valence-electron chi connectivity index (χ3n) is 2.16. The van der Waals surface area contributed by atoms with Crippen LogP contribution in [0.2, 0.25) is 10.0 Å². The maximum Gasteiger partial charge on any atom is 0.407 e.